The van der Waals surface area contributed by atoms with Gasteiger partial charge in [-0.15, -0.1) is 11.3 Å². The molecule has 1 atom stereocenters. The van der Waals surface area contributed by atoms with E-state index >= 15 is 0 Å². The van der Waals surface area contributed by atoms with Crippen LogP contribution in [0.3, 0.4) is 0 Å². The number of aliphatic hydroxyl groups is 1. The first-order chi connectivity index (χ1) is 13.3. The SMILES string of the molecule is O=C(NCC(O)COc1ccc(C(F)(F)F)cc1)c1sc2ccccc2c1Cl. The molecule has 28 heavy (non-hydrogen) atoms. The number of carbonyl (C=O) groups is 1. The van der Waals surface area contributed by atoms with Crippen LogP contribution < -0.4 is 10.1 Å². The van der Waals surface area contributed by atoms with Crippen molar-refractivity contribution in [3.8, 4) is 5.75 Å². The Morgan fingerprint density at radius 1 is 1.18 bits per heavy atom. The Hall–Kier alpha value is -2.29. The van der Waals surface area contributed by atoms with Crippen LogP contribution in [0.15, 0.2) is 48.5 Å². The van der Waals surface area contributed by atoms with E-state index in [1.807, 2.05) is 24.3 Å². The van der Waals surface area contributed by atoms with Crippen LogP contribution in [-0.4, -0.2) is 30.3 Å². The van der Waals surface area contributed by atoms with Crippen LogP contribution in [0.1, 0.15) is 15.2 Å². The van der Waals surface area contributed by atoms with Crippen LogP contribution in [0, 0.1) is 0 Å². The predicted octanol–water partition coefficient (Wildman–Crippen LogP) is 4.74. The number of rotatable bonds is 6. The lowest BCUT2D eigenvalue weighted by Crippen LogP contribution is -2.35. The first-order valence-electron chi connectivity index (χ1n) is 8.19. The Balaban J connectivity index is 1.51. The molecule has 3 rings (SSSR count). The van der Waals surface area contributed by atoms with Crippen molar-refractivity contribution in [3.05, 3.63) is 64.0 Å². The van der Waals surface area contributed by atoms with Crippen molar-refractivity contribution in [2.45, 2.75) is 12.3 Å². The van der Waals surface area contributed by atoms with Gasteiger partial charge < -0.3 is 15.2 Å². The fourth-order valence-corrected chi connectivity index (χ4v) is 3.88. The average molecular weight is 430 g/mol. The third kappa shape index (κ3) is 4.76. The Kier molecular flexibility index (Phi) is 6.12. The minimum atomic E-state index is -4.42. The first kappa shape index (κ1) is 20.4. The van der Waals surface area contributed by atoms with Gasteiger partial charge in [-0.25, -0.2) is 0 Å². The average Bonchev–Trinajstić information content (AvgIpc) is 3.01. The highest BCUT2D eigenvalue weighted by atomic mass is 35.5. The van der Waals surface area contributed by atoms with Gasteiger partial charge in [-0.3, -0.25) is 4.79 Å². The molecule has 148 valence electrons. The summed E-state index contributed by atoms with van der Waals surface area (Å²) in [5.74, 6) is -0.231. The molecule has 0 radical (unpaired) electrons. The highest BCUT2D eigenvalue weighted by molar-refractivity contribution is 7.21. The summed E-state index contributed by atoms with van der Waals surface area (Å²) < 4.78 is 43.7. The predicted molar refractivity (Wildman–Crippen MR) is 102 cm³/mol. The van der Waals surface area contributed by atoms with E-state index in [1.165, 1.54) is 23.5 Å². The highest BCUT2D eigenvalue weighted by Gasteiger charge is 2.30. The number of hydrogen-bond acceptors (Lipinski definition) is 4. The van der Waals surface area contributed by atoms with Gasteiger partial charge in [0.2, 0.25) is 0 Å². The van der Waals surface area contributed by atoms with Crippen molar-refractivity contribution in [3.63, 3.8) is 0 Å². The molecule has 4 nitrogen and oxygen atoms in total. The lowest BCUT2D eigenvalue weighted by atomic mass is 10.2. The number of hydrogen-bond donors (Lipinski definition) is 2. The minimum absolute atomic E-state index is 0.0932. The molecule has 3 aromatic rings. The van der Waals surface area contributed by atoms with Crippen molar-refractivity contribution in [2.75, 3.05) is 13.2 Å². The molecule has 2 aromatic carbocycles. The number of thiophene rings is 1. The maximum Gasteiger partial charge on any atom is 0.416 e. The van der Waals surface area contributed by atoms with E-state index in [0.29, 0.717) is 9.90 Å². The van der Waals surface area contributed by atoms with E-state index < -0.39 is 23.8 Å². The quantitative estimate of drug-likeness (QED) is 0.595. The number of benzene rings is 2. The summed E-state index contributed by atoms with van der Waals surface area (Å²) in [6.45, 7) is -0.282. The summed E-state index contributed by atoms with van der Waals surface area (Å²) in [7, 11) is 0. The first-order valence-corrected chi connectivity index (χ1v) is 9.38. The van der Waals surface area contributed by atoms with Gasteiger partial charge in [0.25, 0.3) is 5.91 Å². The number of alkyl halides is 3. The maximum absolute atomic E-state index is 12.5. The van der Waals surface area contributed by atoms with Crippen LogP contribution in [0.5, 0.6) is 5.75 Å². The van der Waals surface area contributed by atoms with Gasteiger partial charge in [0.05, 0.1) is 10.6 Å². The van der Waals surface area contributed by atoms with Crippen molar-refractivity contribution < 1.29 is 27.8 Å². The van der Waals surface area contributed by atoms with E-state index in [1.54, 1.807) is 0 Å². The van der Waals surface area contributed by atoms with Gasteiger partial charge in [0, 0.05) is 16.6 Å². The van der Waals surface area contributed by atoms with Crippen LogP contribution in [0.4, 0.5) is 13.2 Å². The summed E-state index contributed by atoms with van der Waals surface area (Å²) in [5.41, 5.74) is -0.784. The molecule has 0 aliphatic heterocycles. The lowest BCUT2D eigenvalue weighted by molar-refractivity contribution is -0.137. The Labute approximate surface area is 167 Å². The summed E-state index contributed by atoms with van der Waals surface area (Å²) in [6, 6.07) is 11.5. The molecule has 0 saturated heterocycles. The lowest BCUT2D eigenvalue weighted by Gasteiger charge is -2.14. The smallest absolute Gasteiger partial charge is 0.416 e. The van der Waals surface area contributed by atoms with Gasteiger partial charge >= 0.3 is 6.18 Å². The Morgan fingerprint density at radius 3 is 2.50 bits per heavy atom. The minimum Gasteiger partial charge on any atom is -0.491 e. The standard InChI is InChI=1S/C19H15ClF3NO3S/c20-16-14-3-1-2-4-15(14)28-17(16)18(26)24-9-12(25)10-27-13-7-5-11(6-8-13)19(21,22)23/h1-8,12,25H,9-10H2,(H,24,26). The van der Waals surface area contributed by atoms with Crippen LogP contribution in [0.2, 0.25) is 5.02 Å². The van der Waals surface area contributed by atoms with Crippen molar-refractivity contribution >= 4 is 38.9 Å². The fourth-order valence-electron chi connectivity index (χ4n) is 2.44. The van der Waals surface area contributed by atoms with Crippen LogP contribution in [0.25, 0.3) is 10.1 Å². The maximum atomic E-state index is 12.5. The topological polar surface area (TPSA) is 58.6 Å². The summed E-state index contributed by atoms with van der Waals surface area (Å²) in [6.07, 6.45) is -5.46. The molecule has 0 aliphatic carbocycles. The summed E-state index contributed by atoms with van der Waals surface area (Å²) >= 11 is 7.48. The third-order valence-electron chi connectivity index (χ3n) is 3.86. The van der Waals surface area contributed by atoms with E-state index in [4.69, 9.17) is 16.3 Å². The zero-order valence-electron chi connectivity index (χ0n) is 14.3. The molecular formula is C19H15ClF3NO3S. The fraction of sp³-hybridized carbons (Fsp3) is 0.211. The van der Waals surface area contributed by atoms with Gasteiger partial charge in [-0.2, -0.15) is 13.2 Å². The Bertz CT molecular complexity index is 973. The molecule has 1 unspecified atom stereocenters. The largest absolute Gasteiger partial charge is 0.491 e. The van der Waals surface area contributed by atoms with Gasteiger partial charge in [-0.1, -0.05) is 29.8 Å². The molecule has 0 fully saturated rings. The molecular weight excluding hydrogens is 415 g/mol. The number of ether oxygens (including phenoxy) is 1. The molecule has 0 aliphatic rings. The number of aliphatic hydroxyl groups excluding tert-OH is 1. The second kappa shape index (κ2) is 8.38. The van der Waals surface area contributed by atoms with Crippen LogP contribution in [-0.2, 0) is 6.18 Å². The normalized spacial score (nSPS) is 12.8. The number of halogens is 4. The zero-order chi connectivity index (χ0) is 20.3. The molecule has 2 N–H and O–H groups in total. The monoisotopic (exact) mass is 429 g/mol. The van der Waals surface area contributed by atoms with Crippen LogP contribution >= 0.6 is 22.9 Å². The van der Waals surface area contributed by atoms with Gasteiger partial charge in [0.15, 0.2) is 0 Å². The second-order valence-electron chi connectivity index (χ2n) is 5.94. The number of nitrogens with one attached hydrogen (secondary N) is 1. The number of amides is 1. The van der Waals surface area contributed by atoms with E-state index in [0.717, 1.165) is 22.2 Å². The molecule has 0 bridgehead atoms. The van der Waals surface area contributed by atoms with Gasteiger partial charge in [-0.05, 0) is 30.3 Å². The summed E-state index contributed by atoms with van der Waals surface area (Å²) in [4.78, 5) is 12.6. The molecule has 1 heterocycles. The zero-order valence-corrected chi connectivity index (χ0v) is 15.9. The molecule has 0 saturated carbocycles. The molecule has 0 spiro atoms. The third-order valence-corrected chi connectivity index (χ3v) is 5.54. The summed E-state index contributed by atoms with van der Waals surface area (Å²) in [5, 5.41) is 13.7. The van der Waals surface area contributed by atoms with Gasteiger partial charge in [0.1, 0.15) is 23.3 Å². The molecule has 9 heteroatoms. The van der Waals surface area contributed by atoms with E-state index in [9.17, 15) is 23.1 Å². The Morgan fingerprint density at radius 2 is 1.86 bits per heavy atom. The number of fused-ring (bicyclic) bond motifs is 1. The highest BCUT2D eigenvalue weighted by Crippen LogP contribution is 2.35. The number of carbonyl (C=O) groups excluding carboxylic acids is 1. The van der Waals surface area contributed by atoms with E-state index in [2.05, 4.69) is 5.32 Å². The van der Waals surface area contributed by atoms with Crippen molar-refractivity contribution in [1.29, 1.82) is 0 Å². The molecule has 1 aromatic heterocycles. The van der Waals surface area contributed by atoms with Crippen molar-refractivity contribution in [1.82, 2.24) is 5.32 Å². The molecule has 1 amide bonds. The second-order valence-corrected chi connectivity index (χ2v) is 7.37. The van der Waals surface area contributed by atoms with E-state index in [-0.39, 0.29) is 18.9 Å². The van der Waals surface area contributed by atoms with Crippen molar-refractivity contribution in [2.24, 2.45) is 0 Å².